The third-order valence-corrected chi connectivity index (χ3v) is 4.11. The SMILES string of the molecule is CCc1nc(C)c(C(C)=O)c(SCC(=O)NC(C)CC)n1. The van der Waals surface area contributed by atoms with Gasteiger partial charge in [-0.15, -0.1) is 0 Å². The highest BCUT2D eigenvalue weighted by Crippen LogP contribution is 2.23. The molecule has 5 nitrogen and oxygen atoms in total. The van der Waals surface area contributed by atoms with Crippen LogP contribution in [0.15, 0.2) is 5.03 Å². The Bertz CT molecular complexity index is 532. The molecule has 0 radical (unpaired) electrons. The Hall–Kier alpha value is -1.43. The molecular weight excluding hydrogens is 286 g/mol. The van der Waals surface area contributed by atoms with E-state index in [1.54, 1.807) is 6.92 Å². The molecule has 0 aliphatic rings. The molecule has 0 saturated heterocycles. The zero-order valence-corrected chi connectivity index (χ0v) is 14.1. The molecule has 1 N–H and O–H groups in total. The molecule has 116 valence electrons. The number of aryl methyl sites for hydroxylation is 2. The lowest BCUT2D eigenvalue weighted by Gasteiger charge is -2.12. The van der Waals surface area contributed by atoms with Gasteiger partial charge in [-0.1, -0.05) is 25.6 Å². The Balaban J connectivity index is 2.88. The molecule has 0 aliphatic heterocycles. The number of rotatable bonds is 7. The van der Waals surface area contributed by atoms with Crippen molar-refractivity contribution in [3.05, 3.63) is 17.1 Å². The smallest absolute Gasteiger partial charge is 0.230 e. The van der Waals surface area contributed by atoms with Crippen LogP contribution in [0.4, 0.5) is 0 Å². The number of hydrogen-bond donors (Lipinski definition) is 1. The van der Waals surface area contributed by atoms with Crippen molar-refractivity contribution < 1.29 is 9.59 Å². The average molecular weight is 309 g/mol. The lowest BCUT2D eigenvalue weighted by molar-refractivity contribution is -0.119. The van der Waals surface area contributed by atoms with E-state index in [0.717, 1.165) is 6.42 Å². The van der Waals surface area contributed by atoms with E-state index in [2.05, 4.69) is 15.3 Å². The van der Waals surface area contributed by atoms with Crippen molar-refractivity contribution in [1.82, 2.24) is 15.3 Å². The van der Waals surface area contributed by atoms with Crippen LogP contribution < -0.4 is 5.32 Å². The predicted molar refractivity (Wildman–Crippen MR) is 84.8 cm³/mol. The first-order valence-electron chi connectivity index (χ1n) is 7.19. The number of nitrogens with zero attached hydrogens (tertiary/aromatic N) is 2. The number of nitrogens with one attached hydrogen (secondary N) is 1. The maximum Gasteiger partial charge on any atom is 0.230 e. The molecule has 0 aromatic carbocycles. The van der Waals surface area contributed by atoms with E-state index >= 15 is 0 Å². The molecule has 1 rings (SSSR count). The van der Waals surface area contributed by atoms with Crippen LogP contribution in [0.3, 0.4) is 0 Å². The van der Waals surface area contributed by atoms with Crippen LogP contribution in [-0.2, 0) is 11.2 Å². The minimum atomic E-state index is -0.0695. The maximum atomic E-state index is 11.8. The second-order valence-corrected chi connectivity index (χ2v) is 5.94. The zero-order valence-electron chi connectivity index (χ0n) is 13.3. The topological polar surface area (TPSA) is 72.0 Å². The Morgan fingerprint density at radius 2 is 1.95 bits per heavy atom. The Morgan fingerprint density at radius 1 is 1.29 bits per heavy atom. The first kappa shape index (κ1) is 17.6. The molecule has 6 heteroatoms. The largest absolute Gasteiger partial charge is 0.353 e. The Labute approximate surface area is 130 Å². The minimum Gasteiger partial charge on any atom is -0.353 e. The van der Waals surface area contributed by atoms with Crippen molar-refractivity contribution in [3.8, 4) is 0 Å². The van der Waals surface area contributed by atoms with Gasteiger partial charge in [0.1, 0.15) is 10.9 Å². The summed E-state index contributed by atoms with van der Waals surface area (Å²) in [4.78, 5) is 32.3. The van der Waals surface area contributed by atoms with Crippen molar-refractivity contribution in [2.75, 3.05) is 5.75 Å². The van der Waals surface area contributed by atoms with E-state index in [1.165, 1.54) is 18.7 Å². The highest BCUT2D eigenvalue weighted by atomic mass is 32.2. The summed E-state index contributed by atoms with van der Waals surface area (Å²) >= 11 is 1.30. The van der Waals surface area contributed by atoms with Gasteiger partial charge in [0.15, 0.2) is 5.78 Å². The fourth-order valence-electron chi connectivity index (χ4n) is 1.82. The summed E-state index contributed by atoms with van der Waals surface area (Å²) in [5, 5.41) is 3.51. The normalized spacial score (nSPS) is 12.0. The van der Waals surface area contributed by atoms with Gasteiger partial charge >= 0.3 is 0 Å². The zero-order chi connectivity index (χ0) is 16.0. The number of amides is 1. The van der Waals surface area contributed by atoms with Crippen molar-refractivity contribution >= 4 is 23.5 Å². The molecular formula is C15H23N3O2S. The number of Topliss-reactive ketones (excluding diaryl/α,β-unsaturated/α-hetero) is 1. The van der Waals surface area contributed by atoms with Gasteiger partial charge in [-0.25, -0.2) is 9.97 Å². The monoisotopic (exact) mass is 309 g/mol. The second-order valence-electron chi connectivity index (χ2n) is 4.98. The van der Waals surface area contributed by atoms with Gasteiger partial charge in [-0.05, 0) is 27.2 Å². The van der Waals surface area contributed by atoms with Gasteiger partial charge in [-0.3, -0.25) is 9.59 Å². The van der Waals surface area contributed by atoms with Gasteiger partial charge in [0.05, 0.1) is 17.0 Å². The third kappa shape index (κ3) is 5.12. The maximum absolute atomic E-state index is 11.8. The van der Waals surface area contributed by atoms with Crippen LogP contribution in [0.2, 0.25) is 0 Å². The van der Waals surface area contributed by atoms with Gasteiger partial charge in [0.25, 0.3) is 0 Å². The molecule has 0 saturated carbocycles. The van der Waals surface area contributed by atoms with Crippen LogP contribution in [0.25, 0.3) is 0 Å². The van der Waals surface area contributed by atoms with Gasteiger partial charge in [-0.2, -0.15) is 0 Å². The lowest BCUT2D eigenvalue weighted by atomic mass is 10.2. The average Bonchev–Trinajstić information content (AvgIpc) is 2.43. The lowest BCUT2D eigenvalue weighted by Crippen LogP contribution is -2.33. The molecule has 1 aromatic heterocycles. The summed E-state index contributed by atoms with van der Waals surface area (Å²) in [5.41, 5.74) is 1.20. The molecule has 0 fully saturated rings. The summed E-state index contributed by atoms with van der Waals surface area (Å²) in [6.07, 6.45) is 1.59. The summed E-state index contributed by atoms with van der Waals surface area (Å²) in [6.45, 7) is 9.26. The third-order valence-electron chi connectivity index (χ3n) is 3.13. The molecule has 1 unspecified atom stereocenters. The van der Waals surface area contributed by atoms with Crippen molar-refractivity contribution in [2.45, 2.75) is 58.5 Å². The molecule has 1 atom stereocenters. The first-order chi connectivity index (χ1) is 9.88. The van der Waals surface area contributed by atoms with Gasteiger partial charge in [0.2, 0.25) is 5.91 Å². The van der Waals surface area contributed by atoms with Crippen molar-refractivity contribution in [2.24, 2.45) is 0 Å². The Kier molecular flexibility index (Phi) is 6.81. The number of thioether (sulfide) groups is 1. The van der Waals surface area contributed by atoms with Crippen LogP contribution in [0, 0.1) is 6.92 Å². The summed E-state index contributed by atoms with van der Waals surface area (Å²) < 4.78 is 0. The van der Waals surface area contributed by atoms with E-state index in [0.29, 0.717) is 28.5 Å². The number of ketones is 1. The first-order valence-corrected chi connectivity index (χ1v) is 8.18. The summed E-state index contributed by atoms with van der Waals surface area (Å²) in [7, 11) is 0. The number of hydrogen-bond acceptors (Lipinski definition) is 5. The number of aromatic nitrogens is 2. The number of carbonyl (C=O) groups is 2. The van der Waals surface area contributed by atoms with E-state index in [-0.39, 0.29) is 23.5 Å². The van der Waals surface area contributed by atoms with Crippen LogP contribution in [0.1, 0.15) is 56.0 Å². The van der Waals surface area contributed by atoms with E-state index in [9.17, 15) is 9.59 Å². The molecule has 0 spiro atoms. The van der Waals surface area contributed by atoms with Gasteiger partial charge in [0, 0.05) is 12.5 Å². The minimum absolute atomic E-state index is 0.0434. The molecule has 1 amide bonds. The summed E-state index contributed by atoms with van der Waals surface area (Å²) in [6, 6.07) is 0.156. The van der Waals surface area contributed by atoms with E-state index < -0.39 is 0 Å². The summed E-state index contributed by atoms with van der Waals surface area (Å²) in [5.74, 6) is 0.838. The van der Waals surface area contributed by atoms with E-state index in [4.69, 9.17) is 0 Å². The fourth-order valence-corrected chi connectivity index (χ4v) is 2.78. The molecule has 1 aromatic rings. The highest BCUT2D eigenvalue weighted by Gasteiger charge is 2.17. The molecule has 21 heavy (non-hydrogen) atoms. The van der Waals surface area contributed by atoms with Crippen LogP contribution >= 0.6 is 11.8 Å². The molecule has 1 heterocycles. The predicted octanol–water partition coefficient (Wildman–Crippen LogP) is 2.56. The number of carbonyl (C=O) groups excluding carboxylic acids is 2. The standard InChI is InChI=1S/C15H23N3O2S/c1-6-9(3)16-13(20)8-21-15-14(11(5)19)10(4)17-12(7-2)18-15/h9H,6-8H2,1-5H3,(H,16,20). The quantitative estimate of drug-likeness (QED) is 0.476. The fraction of sp³-hybridized carbons (Fsp3) is 0.600. The molecule has 0 bridgehead atoms. The van der Waals surface area contributed by atoms with Gasteiger partial charge < -0.3 is 5.32 Å². The van der Waals surface area contributed by atoms with Crippen molar-refractivity contribution in [1.29, 1.82) is 0 Å². The Morgan fingerprint density at radius 3 is 2.48 bits per heavy atom. The molecule has 0 aliphatic carbocycles. The highest BCUT2D eigenvalue weighted by molar-refractivity contribution is 8.00. The second kappa shape index (κ2) is 8.12. The van der Waals surface area contributed by atoms with Crippen LogP contribution in [0.5, 0.6) is 0 Å². The van der Waals surface area contributed by atoms with Crippen molar-refractivity contribution in [3.63, 3.8) is 0 Å². The van der Waals surface area contributed by atoms with Crippen LogP contribution in [-0.4, -0.2) is 33.5 Å². The van der Waals surface area contributed by atoms with E-state index in [1.807, 2.05) is 20.8 Å².